The van der Waals surface area contributed by atoms with Gasteiger partial charge in [0.1, 0.15) is 16.2 Å². The van der Waals surface area contributed by atoms with Gasteiger partial charge in [-0.3, -0.25) is 4.79 Å². The number of thioether (sulfide) groups is 1. The quantitative estimate of drug-likeness (QED) is 0.241. The van der Waals surface area contributed by atoms with Crippen LogP contribution in [-0.4, -0.2) is 39.1 Å². The number of nitrogens with zero attached hydrogens (tertiary/aromatic N) is 3. The summed E-state index contributed by atoms with van der Waals surface area (Å²) in [5.41, 5.74) is 4.55. The summed E-state index contributed by atoms with van der Waals surface area (Å²) in [5.74, 6) is -0.323. The summed E-state index contributed by atoms with van der Waals surface area (Å²) in [4.78, 5) is 33.7. The maximum atomic E-state index is 13.5. The van der Waals surface area contributed by atoms with Crippen LogP contribution in [-0.2, 0) is 34.3 Å². The molecule has 1 aliphatic heterocycles. The number of carboxylic acids is 1. The molecule has 0 saturated carbocycles. The van der Waals surface area contributed by atoms with Gasteiger partial charge in [-0.05, 0) is 41.3 Å². The molecule has 11 heteroatoms. The average Bonchev–Trinajstić information content (AvgIpc) is 3.55. The zero-order valence-electron chi connectivity index (χ0n) is 23.4. The zero-order chi connectivity index (χ0) is 30.4. The van der Waals surface area contributed by atoms with Crippen molar-refractivity contribution < 1.29 is 23.1 Å². The molecular formula is C32H28N4O5S2. The van der Waals surface area contributed by atoms with Crippen molar-refractivity contribution in [3.63, 3.8) is 0 Å². The van der Waals surface area contributed by atoms with Gasteiger partial charge in [-0.15, -0.1) is 0 Å². The fourth-order valence-electron chi connectivity index (χ4n) is 5.41. The van der Waals surface area contributed by atoms with E-state index < -0.39 is 26.0 Å². The number of rotatable bonds is 8. The van der Waals surface area contributed by atoms with E-state index in [0.29, 0.717) is 36.1 Å². The molecule has 0 bridgehead atoms. The molecule has 1 unspecified atom stereocenters. The maximum Gasteiger partial charge on any atom is 0.354 e. The summed E-state index contributed by atoms with van der Waals surface area (Å²) in [6.45, 7) is 4.20. The molecule has 0 spiro atoms. The molecule has 0 aliphatic carbocycles. The fourth-order valence-corrected chi connectivity index (χ4v) is 8.34. The molecule has 0 radical (unpaired) electrons. The van der Waals surface area contributed by atoms with Crippen molar-refractivity contribution in [2.75, 3.05) is 0 Å². The Bertz CT molecular complexity index is 1960. The number of carbonyl (C=O) groups excluding carboxylic acids is 1. The molecule has 3 heterocycles. The van der Waals surface area contributed by atoms with Crippen molar-refractivity contribution in [3.8, 4) is 0 Å². The van der Waals surface area contributed by atoms with Gasteiger partial charge >= 0.3 is 5.97 Å². The number of aromatic nitrogens is 3. The van der Waals surface area contributed by atoms with Gasteiger partial charge in [0.25, 0.3) is 15.1 Å². The molecule has 5 aromatic rings. The van der Waals surface area contributed by atoms with Gasteiger partial charge in [-0.2, -0.15) is 4.72 Å². The average molecular weight is 613 g/mol. The number of fused-ring (bicyclic) bond motifs is 2. The lowest BCUT2D eigenvalue weighted by Gasteiger charge is -2.29. The van der Waals surface area contributed by atoms with Crippen molar-refractivity contribution in [2.24, 2.45) is 0 Å². The first-order valence-corrected chi connectivity index (χ1v) is 16.0. The first-order chi connectivity index (χ1) is 20.6. The van der Waals surface area contributed by atoms with Gasteiger partial charge in [0.2, 0.25) is 0 Å². The molecule has 0 fully saturated rings. The van der Waals surface area contributed by atoms with Gasteiger partial charge in [-0.1, -0.05) is 91.5 Å². The number of carboxylic acid groups (broad SMARTS) is 1. The normalized spacial score (nSPS) is 16.3. The lowest BCUT2D eigenvalue weighted by Crippen LogP contribution is -2.45. The number of hydrogen-bond donors (Lipinski definition) is 2. The van der Waals surface area contributed by atoms with Crippen molar-refractivity contribution in [3.05, 3.63) is 124 Å². The summed E-state index contributed by atoms with van der Waals surface area (Å²) in [7, 11) is -4.40. The Morgan fingerprint density at radius 2 is 1.70 bits per heavy atom. The van der Waals surface area contributed by atoms with Gasteiger partial charge in [0.05, 0.1) is 6.54 Å². The Hall–Kier alpha value is -4.32. The minimum Gasteiger partial charge on any atom is -0.477 e. The second kappa shape index (κ2) is 11.1. The highest BCUT2D eigenvalue weighted by atomic mass is 32.2. The number of aromatic carboxylic acids is 1. The van der Waals surface area contributed by atoms with E-state index in [-0.39, 0.29) is 11.3 Å². The Morgan fingerprint density at radius 3 is 2.37 bits per heavy atom. The Balaban J connectivity index is 1.36. The smallest absolute Gasteiger partial charge is 0.354 e. The SMILES string of the molecule is CCc1nc2c(C)cc(C(=O)O)nc2n1Cc1ccc(C2(NS(=O)(=O)C(=O)c3ccccc3)Cc3ccccc3S2)cc1. The highest BCUT2D eigenvalue weighted by Crippen LogP contribution is 2.50. The monoisotopic (exact) mass is 612 g/mol. The summed E-state index contributed by atoms with van der Waals surface area (Å²) in [5, 5.41) is 8.57. The van der Waals surface area contributed by atoms with Gasteiger partial charge in [0, 0.05) is 23.3 Å². The fraction of sp³-hybridized carbons (Fsp3) is 0.188. The first kappa shape index (κ1) is 28.8. The molecule has 1 atom stereocenters. The van der Waals surface area contributed by atoms with Crippen molar-refractivity contribution in [1.82, 2.24) is 19.3 Å². The minimum absolute atomic E-state index is 0.0405. The van der Waals surface area contributed by atoms with Gasteiger partial charge < -0.3 is 9.67 Å². The standard InChI is InChI=1S/C32H28N4O5S2/c1-3-27-34-28-20(2)17-25(30(37)38)33-29(28)36(27)19-21-13-15-24(16-14-21)32(18-23-11-7-8-12-26(23)42-32)35-43(40,41)31(39)22-9-5-4-6-10-22/h4-17,35H,3,18-19H2,1-2H3,(H,37,38). The van der Waals surface area contributed by atoms with Crippen LogP contribution in [0.4, 0.5) is 0 Å². The van der Waals surface area contributed by atoms with Gasteiger partial charge in [0.15, 0.2) is 11.3 Å². The van der Waals surface area contributed by atoms with Crippen LogP contribution in [0.15, 0.2) is 89.8 Å². The van der Waals surface area contributed by atoms with Gasteiger partial charge in [-0.25, -0.2) is 23.2 Å². The lowest BCUT2D eigenvalue weighted by atomic mass is 9.98. The van der Waals surface area contributed by atoms with Crippen LogP contribution < -0.4 is 4.72 Å². The van der Waals surface area contributed by atoms with E-state index in [1.54, 1.807) is 18.2 Å². The van der Waals surface area contributed by atoms with Crippen molar-refractivity contribution >= 4 is 44.0 Å². The molecule has 9 nitrogen and oxygen atoms in total. The molecule has 2 aromatic heterocycles. The van der Waals surface area contributed by atoms with E-state index in [1.807, 2.05) is 66.9 Å². The number of pyridine rings is 1. The number of carbonyl (C=O) groups is 2. The van der Waals surface area contributed by atoms with E-state index in [4.69, 9.17) is 4.98 Å². The number of hydrogen-bond acceptors (Lipinski definition) is 7. The van der Waals surface area contributed by atoms with Crippen LogP contribution in [0, 0.1) is 6.92 Å². The van der Waals surface area contributed by atoms with E-state index in [0.717, 1.165) is 27.4 Å². The van der Waals surface area contributed by atoms with E-state index in [1.165, 1.54) is 30.0 Å². The van der Waals surface area contributed by atoms with Crippen molar-refractivity contribution in [2.45, 2.75) is 43.0 Å². The predicted octanol–water partition coefficient (Wildman–Crippen LogP) is 5.31. The Kier molecular flexibility index (Phi) is 7.41. The van der Waals surface area contributed by atoms with Crippen LogP contribution in [0.1, 0.15) is 55.8 Å². The second-order valence-electron chi connectivity index (χ2n) is 10.4. The van der Waals surface area contributed by atoms with E-state index >= 15 is 0 Å². The maximum absolute atomic E-state index is 13.5. The third kappa shape index (κ3) is 5.35. The largest absolute Gasteiger partial charge is 0.477 e. The zero-order valence-corrected chi connectivity index (χ0v) is 25.1. The van der Waals surface area contributed by atoms with E-state index in [2.05, 4.69) is 9.71 Å². The number of imidazole rings is 1. The molecule has 2 N–H and O–H groups in total. The van der Waals surface area contributed by atoms with Crippen molar-refractivity contribution in [1.29, 1.82) is 0 Å². The highest BCUT2D eigenvalue weighted by Gasteiger charge is 2.44. The summed E-state index contributed by atoms with van der Waals surface area (Å²) >= 11 is 1.38. The second-order valence-corrected chi connectivity index (χ2v) is 13.4. The van der Waals surface area contributed by atoms with Crippen LogP contribution in [0.5, 0.6) is 0 Å². The predicted molar refractivity (Wildman–Crippen MR) is 165 cm³/mol. The number of benzene rings is 3. The van der Waals surface area contributed by atoms with E-state index in [9.17, 15) is 23.1 Å². The number of sulfonamides is 1. The summed E-state index contributed by atoms with van der Waals surface area (Å²) in [6, 6.07) is 24.8. The van der Waals surface area contributed by atoms with Crippen LogP contribution in [0.3, 0.4) is 0 Å². The Morgan fingerprint density at radius 1 is 1.00 bits per heavy atom. The molecule has 1 aliphatic rings. The van der Waals surface area contributed by atoms with Crippen LogP contribution >= 0.6 is 11.8 Å². The topological polar surface area (TPSA) is 131 Å². The molecule has 0 amide bonds. The molecule has 0 saturated heterocycles. The lowest BCUT2D eigenvalue weighted by molar-refractivity contribution is 0.0690. The summed E-state index contributed by atoms with van der Waals surface area (Å²) < 4.78 is 31.6. The summed E-state index contributed by atoms with van der Waals surface area (Å²) in [6.07, 6.45) is 0.993. The first-order valence-electron chi connectivity index (χ1n) is 13.7. The third-order valence-corrected chi connectivity index (χ3v) is 10.4. The number of nitrogens with one attached hydrogen (secondary N) is 1. The van der Waals surface area contributed by atoms with Crippen LogP contribution in [0.25, 0.3) is 11.2 Å². The highest BCUT2D eigenvalue weighted by molar-refractivity contribution is 8.06. The molecule has 43 heavy (non-hydrogen) atoms. The molecule has 3 aromatic carbocycles. The minimum atomic E-state index is -4.40. The van der Waals surface area contributed by atoms with Crippen LogP contribution in [0.2, 0.25) is 0 Å². The molecular weight excluding hydrogens is 585 g/mol. The molecule has 6 rings (SSSR count). The molecule has 218 valence electrons. The third-order valence-electron chi connectivity index (χ3n) is 7.52. The Labute approximate surface area is 253 Å². The number of aryl methyl sites for hydroxylation is 2.